The van der Waals surface area contributed by atoms with Crippen LogP contribution in [0.2, 0.25) is 0 Å². The summed E-state index contributed by atoms with van der Waals surface area (Å²) >= 11 is 0. The summed E-state index contributed by atoms with van der Waals surface area (Å²) in [5, 5.41) is 3.04. The summed E-state index contributed by atoms with van der Waals surface area (Å²) in [5.74, 6) is 0. The van der Waals surface area contributed by atoms with E-state index in [-0.39, 0.29) is 12.1 Å². The molecule has 0 bridgehead atoms. The van der Waals surface area contributed by atoms with Crippen LogP contribution < -0.4 is 5.32 Å². The zero-order chi connectivity index (χ0) is 18.4. The van der Waals surface area contributed by atoms with E-state index in [9.17, 15) is 4.79 Å². The second-order valence-electron chi connectivity index (χ2n) is 6.24. The van der Waals surface area contributed by atoms with Gasteiger partial charge >= 0.3 is 6.03 Å². The third kappa shape index (κ3) is 4.45. The first-order chi connectivity index (χ1) is 12.6. The molecule has 0 aliphatic rings. The van der Waals surface area contributed by atoms with Crippen molar-refractivity contribution in [3.8, 4) is 11.1 Å². The Morgan fingerprint density at radius 2 is 1.46 bits per heavy atom. The molecule has 1 atom stereocenters. The van der Waals surface area contributed by atoms with Gasteiger partial charge in [0.15, 0.2) is 0 Å². The maximum atomic E-state index is 12.4. The van der Waals surface area contributed by atoms with Crippen LogP contribution in [0.4, 0.5) is 4.79 Å². The molecule has 1 N–H and O–H groups in total. The number of amides is 2. The summed E-state index contributed by atoms with van der Waals surface area (Å²) in [6, 6.07) is 15.8. The van der Waals surface area contributed by atoms with Gasteiger partial charge in [0.2, 0.25) is 0 Å². The molecule has 0 saturated carbocycles. The number of aromatic nitrogens is 2. The lowest BCUT2D eigenvalue weighted by atomic mass is 10.0. The predicted molar refractivity (Wildman–Crippen MR) is 102 cm³/mol. The maximum absolute atomic E-state index is 12.4. The first-order valence-electron chi connectivity index (χ1n) is 8.54. The van der Waals surface area contributed by atoms with Crippen LogP contribution in [0, 0.1) is 0 Å². The number of carbonyl (C=O) groups is 1. The number of urea groups is 1. The van der Waals surface area contributed by atoms with Crippen molar-refractivity contribution in [1.82, 2.24) is 20.2 Å². The Balaban J connectivity index is 1.60. The minimum atomic E-state index is -0.104. The molecule has 0 aliphatic heterocycles. The number of rotatable bonds is 5. The Kier molecular flexibility index (Phi) is 5.59. The van der Waals surface area contributed by atoms with Gasteiger partial charge in [-0.25, -0.2) is 4.79 Å². The number of hydrogen-bond acceptors (Lipinski definition) is 3. The Labute approximate surface area is 153 Å². The Bertz CT molecular complexity index is 835. The molecule has 3 aromatic rings. The number of carbonyl (C=O) groups excluding carboxylic acids is 1. The molecule has 0 aliphatic carbocycles. The molecule has 2 aromatic heterocycles. The molecule has 0 fully saturated rings. The van der Waals surface area contributed by atoms with E-state index in [1.807, 2.05) is 43.3 Å². The normalized spacial score (nSPS) is 11.6. The van der Waals surface area contributed by atoms with Gasteiger partial charge in [-0.3, -0.25) is 9.97 Å². The molecule has 3 rings (SSSR count). The number of benzene rings is 1. The number of nitrogens with zero attached hydrogens (tertiary/aromatic N) is 3. The fourth-order valence-corrected chi connectivity index (χ4v) is 2.72. The highest BCUT2D eigenvalue weighted by Crippen LogP contribution is 2.21. The van der Waals surface area contributed by atoms with Crippen LogP contribution in [-0.4, -0.2) is 27.9 Å². The zero-order valence-corrected chi connectivity index (χ0v) is 15.0. The monoisotopic (exact) mass is 346 g/mol. The highest BCUT2D eigenvalue weighted by atomic mass is 16.2. The van der Waals surface area contributed by atoms with Crippen LogP contribution in [0.3, 0.4) is 0 Å². The minimum absolute atomic E-state index is 0.0751. The Hall–Kier alpha value is -3.21. The SMILES string of the molecule is CC(NC(=O)N(C)Cc1ccncc1)c1ccc(-c2ccncc2)cc1. The lowest BCUT2D eigenvalue weighted by Crippen LogP contribution is -2.38. The number of nitrogens with one attached hydrogen (secondary N) is 1. The highest BCUT2D eigenvalue weighted by Gasteiger charge is 2.13. The summed E-state index contributed by atoms with van der Waals surface area (Å²) < 4.78 is 0. The van der Waals surface area contributed by atoms with Crippen LogP contribution in [0.25, 0.3) is 11.1 Å². The third-order valence-electron chi connectivity index (χ3n) is 4.28. The fraction of sp³-hybridized carbons (Fsp3) is 0.190. The van der Waals surface area contributed by atoms with Crippen molar-refractivity contribution >= 4 is 6.03 Å². The molecule has 2 heterocycles. The van der Waals surface area contributed by atoms with E-state index in [1.165, 1.54) is 0 Å². The lowest BCUT2D eigenvalue weighted by molar-refractivity contribution is 0.203. The zero-order valence-electron chi connectivity index (χ0n) is 15.0. The van der Waals surface area contributed by atoms with Gasteiger partial charge in [0.25, 0.3) is 0 Å². The van der Waals surface area contributed by atoms with Crippen LogP contribution in [0.15, 0.2) is 73.3 Å². The largest absolute Gasteiger partial charge is 0.331 e. The van der Waals surface area contributed by atoms with E-state index in [2.05, 4.69) is 27.4 Å². The van der Waals surface area contributed by atoms with E-state index >= 15 is 0 Å². The van der Waals surface area contributed by atoms with Gasteiger partial charge in [-0.1, -0.05) is 24.3 Å². The summed E-state index contributed by atoms with van der Waals surface area (Å²) in [6.45, 7) is 2.53. The van der Waals surface area contributed by atoms with Gasteiger partial charge in [0.1, 0.15) is 0 Å². The predicted octanol–water partition coefficient (Wildman–Crippen LogP) is 4.05. The lowest BCUT2D eigenvalue weighted by Gasteiger charge is -2.22. The minimum Gasteiger partial charge on any atom is -0.331 e. The standard InChI is InChI=1S/C21H22N4O/c1-16(24-21(26)25(2)15-17-7-11-22-12-8-17)18-3-5-19(6-4-18)20-9-13-23-14-10-20/h3-14,16H,15H2,1-2H3,(H,24,26). The van der Waals surface area contributed by atoms with E-state index in [1.54, 1.807) is 36.7 Å². The van der Waals surface area contributed by atoms with Gasteiger partial charge in [0.05, 0.1) is 6.04 Å². The summed E-state index contributed by atoms with van der Waals surface area (Å²) in [4.78, 5) is 22.1. The smallest absolute Gasteiger partial charge is 0.317 e. The van der Waals surface area contributed by atoms with Gasteiger partial charge in [0, 0.05) is 38.4 Å². The van der Waals surface area contributed by atoms with E-state index in [0.717, 1.165) is 22.3 Å². The van der Waals surface area contributed by atoms with Crippen molar-refractivity contribution in [3.63, 3.8) is 0 Å². The van der Waals surface area contributed by atoms with Crippen molar-refractivity contribution < 1.29 is 4.79 Å². The fourth-order valence-electron chi connectivity index (χ4n) is 2.72. The molecule has 0 saturated heterocycles. The molecule has 0 radical (unpaired) electrons. The Morgan fingerprint density at radius 1 is 0.923 bits per heavy atom. The molecular formula is C21H22N4O. The maximum Gasteiger partial charge on any atom is 0.317 e. The van der Waals surface area contributed by atoms with Crippen molar-refractivity contribution in [1.29, 1.82) is 0 Å². The van der Waals surface area contributed by atoms with E-state index in [4.69, 9.17) is 0 Å². The highest BCUT2D eigenvalue weighted by molar-refractivity contribution is 5.74. The summed E-state index contributed by atoms with van der Waals surface area (Å²) in [5.41, 5.74) is 4.37. The molecule has 132 valence electrons. The number of hydrogen-bond donors (Lipinski definition) is 1. The average Bonchev–Trinajstić information content (AvgIpc) is 2.69. The topological polar surface area (TPSA) is 58.1 Å². The second kappa shape index (κ2) is 8.25. The molecule has 1 aromatic carbocycles. The van der Waals surface area contributed by atoms with Crippen molar-refractivity contribution in [2.24, 2.45) is 0 Å². The third-order valence-corrected chi connectivity index (χ3v) is 4.28. The Morgan fingerprint density at radius 3 is 2.08 bits per heavy atom. The van der Waals surface area contributed by atoms with E-state index < -0.39 is 0 Å². The van der Waals surface area contributed by atoms with Crippen molar-refractivity contribution in [3.05, 3.63) is 84.4 Å². The van der Waals surface area contributed by atoms with Gasteiger partial charge in [-0.15, -0.1) is 0 Å². The molecule has 2 amide bonds. The van der Waals surface area contributed by atoms with Gasteiger partial charge < -0.3 is 10.2 Å². The number of pyridine rings is 2. The molecule has 5 nitrogen and oxygen atoms in total. The van der Waals surface area contributed by atoms with Crippen LogP contribution in [0.1, 0.15) is 24.1 Å². The van der Waals surface area contributed by atoms with Crippen LogP contribution in [0.5, 0.6) is 0 Å². The van der Waals surface area contributed by atoms with Gasteiger partial charge in [-0.05, 0) is 53.4 Å². The van der Waals surface area contributed by atoms with Crippen molar-refractivity contribution in [2.75, 3.05) is 7.05 Å². The molecule has 1 unspecified atom stereocenters. The summed E-state index contributed by atoms with van der Waals surface area (Å²) in [7, 11) is 1.79. The first kappa shape index (κ1) is 17.6. The molecule has 0 spiro atoms. The van der Waals surface area contributed by atoms with Gasteiger partial charge in [-0.2, -0.15) is 0 Å². The average molecular weight is 346 g/mol. The van der Waals surface area contributed by atoms with Crippen LogP contribution in [-0.2, 0) is 6.54 Å². The molecular weight excluding hydrogens is 324 g/mol. The second-order valence-corrected chi connectivity index (χ2v) is 6.24. The first-order valence-corrected chi connectivity index (χ1v) is 8.54. The summed E-state index contributed by atoms with van der Waals surface area (Å²) in [6.07, 6.45) is 7.03. The molecule has 26 heavy (non-hydrogen) atoms. The molecule has 5 heteroatoms. The quantitative estimate of drug-likeness (QED) is 0.758. The van der Waals surface area contributed by atoms with Crippen molar-refractivity contribution in [2.45, 2.75) is 19.5 Å². The van der Waals surface area contributed by atoms with Crippen LogP contribution >= 0.6 is 0 Å². The van der Waals surface area contributed by atoms with E-state index in [0.29, 0.717) is 6.54 Å².